The molecule has 6 nitrogen and oxygen atoms in total. The Morgan fingerprint density at radius 2 is 1.87 bits per heavy atom. The van der Waals surface area contributed by atoms with Crippen molar-refractivity contribution in [1.82, 2.24) is 9.80 Å². The maximum Gasteiger partial charge on any atom is 0.410 e. The lowest BCUT2D eigenvalue weighted by Crippen LogP contribution is -2.52. The van der Waals surface area contributed by atoms with E-state index in [-0.39, 0.29) is 18.7 Å². The van der Waals surface area contributed by atoms with Crippen molar-refractivity contribution in [1.29, 1.82) is 0 Å². The third-order valence-electron chi connectivity index (χ3n) is 3.67. The first-order valence-corrected chi connectivity index (χ1v) is 7.75. The molecule has 1 unspecified atom stereocenters. The third-order valence-corrected chi connectivity index (χ3v) is 3.67. The van der Waals surface area contributed by atoms with E-state index in [9.17, 15) is 9.59 Å². The minimum atomic E-state index is -0.864. The Kier molecular flexibility index (Phi) is 5.26. The number of carbonyl (C=O) groups is 2. The van der Waals surface area contributed by atoms with Crippen molar-refractivity contribution in [3.05, 3.63) is 35.9 Å². The largest absolute Gasteiger partial charge is 0.480 e. The molecule has 23 heavy (non-hydrogen) atoms. The number of ether oxygens (including phenoxy) is 1. The van der Waals surface area contributed by atoms with Gasteiger partial charge in [-0.3, -0.25) is 9.69 Å². The topological polar surface area (TPSA) is 70.1 Å². The van der Waals surface area contributed by atoms with Crippen molar-refractivity contribution in [3.63, 3.8) is 0 Å². The molecule has 126 valence electrons. The van der Waals surface area contributed by atoms with Gasteiger partial charge in [0.1, 0.15) is 5.60 Å². The van der Waals surface area contributed by atoms with E-state index >= 15 is 0 Å². The lowest BCUT2D eigenvalue weighted by Gasteiger charge is -2.41. The number of piperazine rings is 1. The monoisotopic (exact) mass is 320 g/mol. The van der Waals surface area contributed by atoms with Gasteiger partial charge in [-0.1, -0.05) is 30.3 Å². The van der Waals surface area contributed by atoms with Crippen LogP contribution in [0.25, 0.3) is 0 Å². The number of hydrogen-bond acceptors (Lipinski definition) is 4. The molecule has 1 saturated heterocycles. The highest BCUT2D eigenvalue weighted by Gasteiger charge is 2.33. The highest BCUT2D eigenvalue weighted by Crippen LogP contribution is 2.26. The molecule has 1 N–H and O–H groups in total. The summed E-state index contributed by atoms with van der Waals surface area (Å²) in [6.45, 7) is 6.85. The predicted octanol–water partition coefficient (Wildman–Crippen LogP) is 2.37. The minimum Gasteiger partial charge on any atom is -0.480 e. The molecule has 0 saturated carbocycles. The van der Waals surface area contributed by atoms with Gasteiger partial charge in [-0.25, -0.2) is 4.79 Å². The van der Waals surface area contributed by atoms with E-state index in [0.717, 1.165) is 5.56 Å². The fourth-order valence-electron chi connectivity index (χ4n) is 2.67. The van der Waals surface area contributed by atoms with Crippen LogP contribution in [0.15, 0.2) is 30.3 Å². The van der Waals surface area contributed by atoms with E-state index in [1.54, 1.807) is 4.90 Å². The molecule has 1 aliphatic heterocycles. The van der Waals surface area contributed by atoms with Crippen LogP contribution in [0.4, 0.5) is 4.79 Å². The second kappa shape index (κ2) is 7.00. The number of aliphatic carboxylic acids is 1. The summed E-state index contributed by atoms with van der Waals surface area (Å²) in [5.41, 5.74) is 0.458. The normalized spacial score (nSPS) is 19.4. The van der Waals surface area contributed by atoms with Crippen LogP contribution in [0.2, 0.25) is 0 Å². The Labute approximate surface area is 136 Å². The van der Waals surface area contributed by atoms with E-state index < -0.39 is 11.6 Å². The Hall–Kier alpha value is -2.08. The Morgan fingerprint density at radius 1 is 1.22 bits per heavy atom. The van der Waals surface area contributed by atoms with E-state index in [1.807, 2.05) is 56.0 Å². The molecule has 1 aromatic carbocycles. The Balaban J connectivity index is 2.15. The number of benzene rings is 1. The fourth-order valence-corrected chi connectivity index (χ4v) is 2.67. The van der Waals surface area contributed by atoms with Gasteiger partial charge in [0, 0.05) is 19.6 Å². The molecule has 1 heterocycles. The first kappa shape index (κ1) is 17.3. The van der Waals surface area contributed by atoms with Gasteiger partial charge in [0.15, 0.2) is 0 Å². The lowest BCUT2D eigenvalue weighted by atomic mass is 10.0. The first-order valence-electron chi connectivity index (χ1n) is 7.75. The van der Waals surface area contributed by atoms with E-state index in [4.69, 9.17) is 9.84 Å². The van der Waals surface area contributed by atoms with Gasteiger partial charge in [-0.2, -0.15) is 0 Å². The molecule has 0 spiro atoms. The van der Waals surface area contributed by atoms with Gasteiger partial charge < -0.3 is 14.7 Å². The molecular formula is C17H24N2O4. The quantitative estimate of drug-likeness (QED) is 0.926. The maximum atomic E-state index is 12.3. The van der Waals surface area contributed by atoms with Gasteiger partial charge >= 0.3 is 12.1 Å². The van der Waals surface area contributed by atoms with Crippen molar-refractivity contribution in [2.24, 2.45) is 0 Å². The summed E-state index contributed by atoms with van der Waals surface area (Å²) in [4.78, 5) is 26.9. The molecule has 0 aromatic heterocycles. The molecule has 0 radical (unpaired) electrons. The summed E-state index contributed by atoms with van der Waals surface area (Å²) in [5.74, 6) is -0.864. The van der Waals surface area contributed by atoms with Crippen LogP contribution in [0, 0.1) is 0 Å². The summed E-state index contributed by atoms with van der Waals surface area (Å²) in [6, 6.07) is 9.52. The van der Waals surface area contributed by atoms with Crippen LogP contribution >= 0.6 is 0 Å². The van der Waals surface area contributed by atoms with Crippen LogP contribution in [0.5, 0.6) is 0 Å². The third kappa shape index (κ3) is 4.96. The number of carbonyl (C=O) groups excluding carboxylic acids is 1. The lowest BCUT2D eigenvalue weighted by molar-refractivity contribution is -0.139. The molecule has 2 rings (SSSR count). The van der Waals surface area contributed by atoms with Crippen LogP contribution in [0.3, 0.4) is 0 Å². The van der Waals surface area contributed by atoms with Crippen molar-refractivity contribution in [2.45, 2.75) is 32.4 Å². The van der Waals surface area contributed by atoms with Crippen LogP contribution in [-0.2, 0) is 9.53 Å². The molecular weight excluding hydrogens is 296 g/mol. The molecule has 1 atom stereocenters. The molecule has 0 bridgehead atoms. The highest BCUT2D eigenvalue weighted by molar-refractivity contribution is 5.70. The molecule has 0 aliphatic carbocycles. The standard InChI is InChI=1S/C17H24N2O4/c1-17(2,3)23-16(22)19-10-9-18(12-15(20)21)14(11-19)13-7-5-4-6-8-13/h4-8,14H,9-12H2,1-3H3,(H,20,21). The van der Waals surface area contributed by atoms with Gasteiger partial charge in [0.05, 0.1) is 12.6 Å². The molecule has 1 fully saturated rings. The van der Waals surface area contributed by atoms with Crippen molar-refractivity contribution in [3.8, 4) is 0 Å². The minimum absolute atomic E-state index is 0.0400. The van der Waals surface area contributed by atoms with E-state index in [0.29, 0.717) is 19.6 Å². The Morgan fingerprint density at radius 3 is 2.43 bits per heavy atom. The van der Waals surface area contributed by atoms with Gasteiger partial charge in [-0.05, 0) is 26.3 Å². The van der Waals surface area contributed by atoms with Gasteiger partial charge in [-0.15, -0.1) is 0 Å². The SMILES string of the molecule is CC(C)(C)OC(=O)N1CCN(CC(=O)O)C(c2ccccc2)C1. The number of carboxylic acids is 1. The maximum absolute atomic E-state index is 12.3. The Bertz CT molecular complexity index is 553. The molecule has 1 aliphatic rings. The van der Waals surface area contributed by atoms with Gasteiger partial charge in [0.25, 0.3) is 0 Å². The average Bonchev–Trinajstić information content (AvgIpc) is 2.46. The number of amides is 1. The van der Waals surface area contributed by atoms with Crippen LogP contribution in [-0.4, -0.2) is 58.7 Å². The molecule has 6 heteroatoms. The number of rotatable bonds is 3. The number of nitrogens with zero attached hydrogens (tertiary/aromatic N) is 2. The number of carboxylic acid groups (broad SMARTS) is 1. The second-order valence-corrected chi connectivity index (χ2v) is 6.72. The van der Waals surface area contributed by atoms with Crippen molar-refractivity contribution >= 4 is 12.1 Å². The predicted molar refractivity (Wildman–Crippen MR) is 86.2 cm³/mol. The summed E-state index contributed by atoms with van der Waals surface area (Å²) in [7, 11) is 0. The molecule has 1 amide bonds. The second-order valence-electron chi connectivity index (χ2n) is 6.72. The first-order chi connectivity index (χ1) is 10.8. The summed E-state index contributed by atoms with van der Waals surface area (Å²) >= 11 is 0. The van der Waals surface area contributed by atoms with Crippen LogP contribution in [0.1, 0.15) is 32.4 Å². The van der Waals surface area contributed by atoms with E-state index in [1.165, 1.54) is 0 Å². The smallest absolute Gasteiger partial charge is 0.410 e. The van der Waals surface area contributed by atoms with Crippen molar-refractivity contribution in [2.75, 3.05) is 26.2 Å². The summed E-state index contributed by atoms with van der Waals surface area (Å²) < 4.78 is 5.43. The van der Waals surface area contributed by atoms with Gasteiger partial charge in [0.2, 0.25) is 0 Å². The summed E-state index contributed by atoms with van der Waals surface area (Å²) in [5, 5.41) is 9.11. The van der Waals surface area contributed by atoms with E-state index in [2.05, 4.69) is 0 Å². The highest BCUT2D eigenvalue weighted by atomic mass is 16.6. The zero-order chi connectivity index (χ0) is 17.0. The van der Waals surface area contributed by atoms with Crippen molar-refractivity contribution < 1.29 is 19.4 Å². The zero-order valence-corrected chi connectivity index (χ0v) is 13.9. The van der Waals surface area contributed by atoms with Crippen LogP contribution < -0.4 is 0 Å². The summed E-state index contributed by atoms with van der Waals surface area (Å²) in [6.07, 6.45) is -0.353. The fraction of sp³-hybridized carbons (Fsp3) is 0.529. The number of hydrogen-bond donors (Lipinski definition) is 1. The average molecular weight is 320 g/mol. The zero-order valence-electron chi connectivity index (χ0n) is 13.9. The molecule has 1 aromatic rings.